The Labute approximate surface area is 252 Å². The van der Waals surface area contributed by atoms with E-state index in [4.69, 9.17) is 18.9 Å². The zero-order valence-corrected chi connectivity index (χ0v) is 26.1. The van der Waals surface area contributed by atoms with Crippen LogP contribution in [-0.2, 0) is 14.2 Å². The van der Waals surface area contributed by atoms with Crippen LogP contribution in [0.25, 0.3) is 0 Å². The first-order chi connectivity index (χ1) is 20.2. The Hall–Kier alpha value is -2.11. The third-order valence-electron chi connectivity index (χ3n) is 13.1. The maximum Gasteiger partial charge on any atom is 0.338 e. The minimum Gasteiger partial charge on any atom is -0.490 e. The second kappa shape index (κ2) is 10.5. The predicted octanol–water partition coefficient (Wildman–Crippen LogP) is 8.14. The fraction of sp³-hybridized carbons (Fsp3) is 0.703. The molecule has 1 aromatic carbocycles. The molecule has 42 heavy (non-hydrogen) atoms. The van der Waals surface area contributed by atoms with Gasteiger partial charge in [0.25, 0.3) is 0 Å². The zero-order chi connectivity index (χ0) is 29.3. The molecule has 228 valence electrons. The van der Waals surface area contributed by atoms with Crippen LogP contribution in [-0.4, -0.2) is 37.2 Å². The molecule has 0 aromatic heterocycles. The molecule has 2 aliphatic heterocycles. The fourth-order valence-electron chi connectivity index (χ4n) is 10.8. The van der Waals surface area contributed by atoms with Gasteiger partial charge in [-0.15, -0.1) is 0 Å². The van der Waals surface area contributed by atoms with Crippen molar-refractivity contribution in [3.05, 3.63) is 54.1 Å². The van der Waals surface area contributed by atoms with E-state index in [0.29, 0.717) is 47.4 Å². The molecule has 2 saturated heterocycles. The van der Waals surface area contributed by atoms with Crippen LogP contribution in [0.5, 0.6) is 5.75 Å². The molecule has 1 spiro atoms. The van der Waals surface area contributed by atoms with Crippen molar-refractivity contribution >= 4 is 5.97 Å². The van der Waals surface area contributed by atoms with Gasteiger partial charge in [-0.05, 0) is 110 Å². The summed E-state index contributed by atoms with van der Waals surface area (Å²) < 4.78 is 25.1. The summed E-state index contributed by atoms with van der Waals surface area (Å²) in [5, 5.41) is 0. The number of ether oxygens (including phenoxy) is 4. The molecule has 5 fully saturated rings. The van der Waals surface area contributed by atoms with Crippen molar-refractivity contribution in [2.24, 2.45) is 46.3 Å². The third kappa shape index (κ3) is 4.43. The topological polar surface area (TPSA) is 54.0 Å². The minimum absolute atomic E-state index is 0.0478. The van der Waals surface area contributed by atoms with Gasteiger partial charge >= 0.3 is 5.97 Å². The summed E-state index contributed by atoms with van der Waals surface area (Å²) in [5.41, 5.74) is 2.67. The Bertz CT molecular complexity index is 1230. The zero-order valence-electron chi connectivity index (χ0n) is 26.1. The van der Waals surface area contributed by atoms with Crippen LogP contribution in [0.3, 0.4) is 0 Å². The maximum absolute atomic E-state index is 13.0. The second-order valence-electron chi connectivity index (χ2n) is 15.2. The minimum atomic E-state index is -0.338. The van der Waals surface area contributed by atoms with Crippen LogP contribution in [0.2, 0.25) is 0 Å². The standard InChI is InChI=1S/C37H50O5/c1-6-19-39-27-10-7-25(8-11-27)34(38)41-28-14-16-35(4)26(20-28)9-12-29-30(35)15-17-36(5)31(29)21-32-33(36)24(3)37(42-32)18-13-23(2)22-40-37/h6-11,23-24,28-33H,1,12-22H2,2-5H3/t23?,24-,28?,29+,30-,31-,32-,33-,35-,36-,37+/m0/s1. The largest absolute Gasteiger partial charge is 0.490 e. The van der Waals surface area contributed by atoms with E-state index >= 15 is 0 Å². The van der Waals surface area contributed by atoms with Gasteiger partial charge < -0.3 is 18.9 Å². The number of carbonyl (C=O) groups excluding carboxylic acids is 1. The quantitative estimate of drug-likeness (QED) is 0.262. The number of allylic oxidation sites excluding steroid dienone is 1. The number of fused-ring (bicyclic) bond motifs is 7. The van der Waals surface area contributed by atoms with Crippen molar-refractivity contribution in [2.75, 3.05) is 13.2 Å². The summed E-state index contributed by atoms with van der Waals surface area (Å²) in [4.78, 5) is 13.0. The van der Waals surface area contributed by atoms with Crippen molar-refractivity contribution in [3.63, 3.8) is 0 Å². The molecular formula is C37H50O5. The van der Waals surface area contributed by atoms with Crippen LogP contribution in [0.1, 0.15) is 95.8 Å². The molecule has 1 aromatic rings. The Kier molecular flexibility index (Phi) is 7.17. The van der Waals surface area contributed by atoms with E-state index in [1.54, 1.807) is 18.2 Å². The number of carbonyl (C=O) groups is 1. The van der Waals surface area contributed by atoms with Crippen molar-refractivity contribution < 1.29 is 23.7 Å². The van der Waals surface area contributed by atoms with Gasteiger partial charge in [0, 0.05) is 18.8 Å². The van der Waals surface area contributed by atoms with E-state index in [1.807, 2.05) is 12.1 Å². The number of benzene rings is 1. The highest BCUT2D eigenvalue weighted by molar-refractivity contribution is 5.89. The lowest BCUT2D eigenvalue weighted by Gasteiger charge is -2.58. The van der Waals surface area contributed by atoms with Crippen molar-refractivity contribution in [1.29, 1.82) is 0 Å². The van der Waals surface area contributed by atoms with Crippen LogP contribution in [0.4, 0.5) is 0 Å². The molecule has 6 aliphatic rings. The fourth-order valence-corrected chi connectivity index (χ4v) is 10.8. The molecular weight excluding hydrogens is 524 g/mol. The molecule has 2 unspecified atom stereocenters. The van der Waals surface area contributed by atoms with Crippen molar-refractivity contribution in [1.82, 2.24) is 0 Å². The smallest absolute Gasteiger partial charge is 0.338 e. The molecule has 3 saturated carbocycles. The average molecular weight is 575 g/mol. The monoisotopic (exact) mass is 574 g/mol. The summed E-state index contributed by atoms with van der Waals surface area (Å²) in [5.74, 6) is 4.03. The van der Waals surface area contributed by atoms with Gasteiger partial charge in [0.1, 0.15) is 18.5 Å². The molecule has 7 rings (SSSR count). The number of esters is 1. The highest BCUT2D eigenvalue weighted by Gasteiger charge is 2.68. The molecule has 0 radical (unpaired) electrons. The first kappa shape index (κ1) is 28.6. The van der Waals surface area contributed by atoms with Crippen LogP contribution >= 0.6 is 0 Å². The molecule has 0 bridgehead atoms. The summed E-state index contributed by atoms with van der Waals surface area (Å²) >= 11 is 0. The Balaban J connectivity index is 1.03. The highest BCUT2D eigenvalue weighted by atomic mass is 16.7. The lowest BCUT2D eigenvalue weighted by atomic mass is 9.47. The van der Waals surface area contributed by atoms with E-state index in [9.17, 15) is 4.79 Å². The van der Waals surface area contributed by atoms with Gasteiger partial charge in [-0.2, -0.15) is 0 Å². The first-order valence-corrected chi connectivity index (χ1v) is 16.7. The summed E-state index contributed by atoms with van der Waals surface area (Å²) in [6.45, 7) is 14.8. The van der Waals surface area contributed by atoms with E-state index in [1.165, 1.54) is 31.3 Å². The van der Waals surface area contributed by atoms with Gasteiger partial charge in [-0.25, -0.2) is 4.79 Å². The van der Waals surface area contributed by atoms with Crippen molar-refractivity contribution in [3.8, 4) is 5.75 Å². The van der Waals surface area contributed by atoms with Crippen LogP contribution in [0.15, 0.2) is 48.6 Å². The first-order valence-electron chi connectivity index (χ1n) is 16.7. The Morgan fingerprint density at radius 1 is 1.07 bits per heavy atom. The van der Waals surface area contributed by atoms with Crippen molar-refractivity contribution in [2.45, 2.75) is 103 Å². The van der Waals surface area contributed by atoms with E-state index in [2.05, 4.69) is 40.3 Å². The average Bonchev–Trinajstić information content (AvgIpc) is 3.43. The van der Waals surface area contributed by atoms with E-state index in [0.717, 1.165) is 56.3 Å². The lowest BCUT2D eigenvalue weighted by Crippen LogP contribution is -2.52. The number of hydrogen-bond donors (Lipinski definition) is 0. The Morgan fingerprint density at radius 3 is 2.62 bits per heavy atom. The van der Waals surface area contributed by atoms with Crippen LogP contribution in [0, 0.1) is 46.3 Å². The van der Waals surface area contributed by atoms with Gasteiger partial charge in [0.2, 0.25) is 0 Å². The molecule has 11 atom stereocenters. The van der Waals surface area contributed by atoms with Crippen LogP contribution < -0.4 is 4.74 Å². The van der Waals surface area contributed by atoms with Gasteiger partial charge in [-0.3, -0.25) is 0 Å². The lowest BCUT2D eigenvalue weighted by molar-refractivity contribution is -0.272. The summed E-state index contributed by atoms with van der Waals surface area (Å²) in [6, 6.07) is 7.23. The molecule has 5 nitrogen and oxygen atoms in total. The molecule has 2 heterocycles. The van der Waals surface area contributed by atoms with E-state index in [-0.39, 0.29) is 23.3 Å². The molecule has 4 aliphatic carbocycles. The van der Waals surface area contributed by atoms with E-state index < -0.39 is 0 Å². The number of hydrogen-bond acceptors (Lipinski definition) is 5. The maximum atomic E-state index is 13.0. The van der Waals surface area contributed by atoms with Gasteiger partial charge in [0.15, 0.2) is 5.79 Å². The molecule has 0 amide bonds. The normalized spacial score (nSPS) is 45.7. The summed E-state index contributed by atoms with van der Waals surface area (Å²) in [7, 11) is 0. The highest BCUT2D eigenvalue weighted by Crippen LogP contribution is 2.70. The number of rotatable bonds is 5. The molecule has 5 heteroatoms. The second-order valence-corrected chi connectivity index (χ2v) is 15.2. The SMILES string of the molecule is C=CCOc1ccc(C(=O)OC2CC[C@@]3(C)C(=CC[C@H]4[C@@H]5C[C@@H]6O[C@]7(CCC(C)CO7)[C@@H](C)[C@@H]6[C@@]5(C)CC[C@@H]43)C2)cc1. The third-order valence-corrected chi connectivity index (χ3v) is 13.1. The van der Waals surface area contributed by atoms with Gasteiger partial charge in [-0.1, -0.05) is 52.0 Å². The Morgan fingerprint density at radius 2 is 1.88 bits per heavy atom. The summed E-state index contributed by atoms with van der Waals surface area (Å²) in [6.07, 6.45) is 14.7. The van der Waals surface area contributed by atoms with Gasteiger partial charge in [0.05, 0.1) is 18.3 Å². The predicted molar refractivity (Wildman–Crippen MR) is 163 cm³/mol. The molecule has 0 N–H and O–H groups in total.